The number of ether oxygens (including phenoxy) is 1. The van der Waals surface area contributed by atoms with E-state index in [4.69, 9.17) is 4.74 Å². The van der Waals surface area contributed by atoms with Crippen LogP contribution in [0.15, 0.2) is 30.9 Å². The Morgan fingerprint density at radius 3 is 2.55 bits per heavy atom. The SMILES string of the molecule is CC(=O)Oc1ccc(NC(=O)[C@H](CC2CCCC2)n2cnc(C(F)(F)F)c2)nc1. The van der Waals surface area contributed by atoms with Gasteiger partial charge in [0.25, 0.3) is 0 Å². The highest BCUT2D eigenvalue weighted by Crippen LogP contribution is 2.34. The maximum atomic E-state index is 12.9. The highest BCUT2D eigenvalue weighted by Gasteiger charge is 2.35. The number of hydrogen-bond donors (Lipinski definition) is 1. The zero-order chi connectivity index (χ0) is 21.0. The zero-order valence-electron chi connectivity index (χ0n) is 15.8. The van der Waals surface area contributed by atoms with Gasteiger partial charge in [-0.3, -0.25) is 9.59 Å². The largest absolute Gasteiger partial charge is 0.434 e. The molecule has 1 fully saturated rings. The number of imidazole rings is 1. The Labute approximate surface area is 165 Å². The van der Waals surface area contributed by atoms with Gasteiger partial charge < -0.3 is 14.6 Å². The number of carbonyl (C=O) groups is 2. The summed E-state index contributed by atoms with van der Waals surface area (Å²) < 4.78 is 44.9. The summed E-state index contributed by atoms with van der Waals surface area (Å²) in [5.41, 5.74) is -1.04. The van der Waals surface area contributed by atoms with Crippen molar-refractivity contribution in [1.29, 1.82) is 0 Å². The number of carbonyl (C=O) groups excluding carboxylic acids is 2. The number of alkyl halides is 3. The second-order valence-corrected chi connectivity index (χ2v) is 7.07. The van der Waals surface area contributed by atoms with Crippen molar-refractivity contribution in [1.82, 2.24) is 14.5 Å². The van der Waals surface area contributed by atoms with Gasteiger partial charge in [0.1, 0.15) is 17.6 Å². The van der Waals surface area contributed by atoms with Crippen molar-refractivity contribution in [3.05, 3.63) is 36.5 Å². The Balaban J connectivity index is 1.76. The number of esters is 1. The summed E-state index contributed by atoms with van der Waals surface area (Å²) in [5, 5.41) is 2.62. The van der Waals surface area contributed by atoms with E-state index in [0.717, 1.165) is 38.2 Å². The molecule has 1 saturated carbocycles. The maximum absolute atomic E-state index is 12.9. The summed E-state index contributed by atoms with van der Waals surface area (Å²) in [6.45, 7) is 1.25. The molecule has 10 heteroatoms. The van der Waals surface area contributed by atoms with Crippen LogP contribution in [0.5, 0.6) is 5.75 Å². The van der Waals surface area contributed by atoms with Gasteiger partial charge >= 0.3 is 12.1 Å². The molecule has 1 aliphatic carbocycles. The van der Waals surface area contributed by atoms with Crippen molar-refractivity contribution in [3.63, 3.8) is 0 Å². The lowest BCUT2D eigenvalue weighted by atomic mass is 9.97. The van der Waals surface area contributed by atoms with Crippen LogP contribution in [0.2, 0.25) is 0 Å². The Hall–Kier alpha value is -2.91. The predicted molar refractivity (Wildman–Crippen MR) is 97.0 cm³/mol. The van der Waals surface area contributed by atoms with Crippen LogP contribution >= 0.6 is 0 Å². The number of pyridine rings is 1. The minimum absolute atomic E-state index is 0.207. The molecule has 2 aromatic heterocycles. The number of aromatic nitrogens is 3. The van der Waals surface area contributed by atoms with Crippen molar-refractivity contribution in [2.75, 3.05) is 5.32 Å². The van der Waals surface area contributed by atoms with Gasteiger partial charge in [-0.2, -0.15) is 13.2 Å². The summed E-state index contributed by atoms with van der Waals surface area (Å²) >= 11 is 0. The Kier molecular flexibility index (Phi) is 6.19. The molecular weight excluding hydrogens is 389 g/mol. The monoisotopic (exact) mass is 410 g/mol. The summed E-state index contributed by atoms with van der Waals surface area (Å²) in [4.78, 5) is 31.2. The molecule has 29 heavy (non-hydrogen) atoms. The molecule has 0 bridgehead atoms. The number of halogens is 3. The van der Waals surface area contributed by atoms with E-state index >= 15 is 0 Å². The third-order valence-electron chi connectivity index (χ3n) is 4.84. The van der Waals surface area contributed by atoms with Crippen LogP contribution in [-0.2, 0) is 15.8 Å². The second kappa shape index (κ2) is 8.62. The van der Waals surface area contributed by atoms with Crippen molar-refractivity contribution >= 4 is 17.7 Å². The van der Waals surface area contributed by atoms with Crippen molar-refractivity contribution in [2.24, 2.45) is 5.92 Å². The minimum Gasteiger partial charge on any atom is -0.425 e. The van der Waals surface area contributed by atoms with Crippen LogP contribution in [0.4, 0.5) is 19.0 Å². The average molecular weight is 410 g/mol. The summed E-state index contributed by atoms with van der Waals surface area (Å²) in [5.74, 6) is -0.278. The third kappa shape index (κ3) is 5.55. The van der Waals surface area contributed by atoms with E-state index < -0.39 is 29.8 Å². The molecule has 2 heterocycles. The molecule has 0 spiro atoms. The molecule has 3 rings (SSSR count). The van der Waals surface area contributed by atoms with E-state index in [1.54, 1.807) is 0 Å². The Morgan fingerprint density at radius 1 is 1.28 bits per heavy atom. The predicted octanol–water partition coefficient (Wildman–Crippen LogP) is 3.98. The normalized spacial score (nSPS) is 15.9. The molecule has 0 aromatic carbocycles. The van der Waals surface area contributed by atoms with Gasteiger partial charge in [0.05, 0.1) is 12.5 Å². The first kappa shape index (κ1) is 20.8. The van der Waals surface area contributed by atoms with Crippen LogP contribution in [0, 0.1) is 5.92 Å². The lowest BCUT2D eigenvalue weighted by Crippen LogP contribution is -2.27. The number of nitrogens with one attached hydrogen (secondary N) is 1. The molecule has 2 aromatic rings. The maximum Gasteiger partial charge on any atom is 0.434 e. The van der Waals surface area contributed by atoms with Gasteiger partial charge in [0.15, 0.2) is 5.69 Å². The number of rotatable bonds is 6. The number of anilines is 1. The van der Waals surface area contributed by atoms with E-state index in [2.05, 4.69) is 15.3 Å². The topological polar surface area (TPSA) is 86.1 Å². The number of nitrogens with zero attached hydrogens (tertiary/aromatic N) is 3. The van der Waals surface area contributed by atoms with Gasteiger partial charge in [-0.25, -0.2) is 9.97 Å². The summed E-state index contributed by atoms with van der Waals surface area (Å²) in [6, 6.07) is 2.09. The highest BCUT2D eigenvalue weighted by molar-refractivity contribution is 5.93. The van der Waals surface area contributed by atoms with E-state index in [1.165, 1.54) is 29.8 Å². The van der Waals surface area contributed by atoms with Crippen LogP contribution in [0.3, 0.4) is 0 Å². The minimum atomic E-state index is -4.58. The van der Waals surface area contributed by atoms with Gasteiger partial charge in [-0.1, -0.05) is 25.7 Å². The lowest BCUT2D eigenvalue weighted by Gasteiger charge is -2.21. The van der Waals surface area contributed by atoms with E-state index in [0.29, 0.717) is 6.42 Å². The standard InChI is InChI=1S/C19H21F3N4O3/c1-12(27)29-14-6-7-17(23-9-14)25-18(28)15(8-13-4-2-3-5-13)26-10-16(24-11-26)19(20,21)22/h6-7,9-11,13,15H,2-5,8H2,1H3,(H,23,25,28)/t15-/m0/s1. The quantitative estimate of drug-likeness (QED) is 0.728. The van der Waals surface area contributed by atoms with Gasteiger partial charge in [-0.15, -0.1) is 0 Å². The third-order valence-corrected chi connectivity index (χ3v) is 4.84. The molecule has 7 nitrogen and oxygen atoms in total. The number of amides is 1. The second-order valence-electron chi connectivity index (χ2n) is 7.07. The first-order valence-electron chi connectivity index (χ1n) is 9.28. The summed E-state index contributed by atoms with van der Waals surface area (Å²) in [6.07, 6.45) is 3.02. The van der Waals surface area contributed by atoms with Crippen LogP contribution in [-0.4, -0.2) is 26.4 Å². The zero-order valence-corrected chi connectivity index (χ0v) is 15.8. The highest BCUT2D eigenvalue weighted by atomic mass is 19.4. The molecule has 1 aliphatic rings. The van der Waals surface area contributed by atoms with Gasteiger partial charge in [-0.05, 0) is 24.5 Å². The van der Waals surface area contributed by atoms with E-state index in [9.17, 15) is 22.8 Å². The van der Waals surface area contributed by atoms with Gasteiger partial charge in [0.2, 0.25) is 5.91 Å². The molecule has 1 atom stereocenters. The molecule has 156 valence electrons. The number of hydrogen-bond acceptors (Lipinski definition) is 5. The molecule has 1 N–H and O–H groups in total. The van der Waals surface area contributed by atoms with Crippen LogP contribution < -0.4 is 10.1 Å². The Morgan fingerprint density at radius 2 is 2.00 bits per heavy atom. The summed E-state index contributed by atoms with van der Waals surface area (Å²) in [7, 11) is 0. The van der Waals surface area contributed by atoms with Crippen LogP contribution in [0.1, 0.15) is 50.8 Å². The molecule has 0 unspecified atom stereocenters. The molecular formula is C19H21F3N4O3. The first-order valence-corrected chi connectivity index (χ1v) is 9.28. The Bertz CT molecular complexity index is 858. The van der Waals surface area contributed by atoms with E-state index in [1.807, 2.05) is 0 Å². The fourth-order valence-electron chi connectivity index (χ4n) is 3.47. The van der Waals surface area contributed by atoms with E-state index in [-0.39, 0.29) is 17.5 Å². The van der Waals surface area contributed by atoms with Gasteiger partial charge in [0, 0.05) is 13.1 Å². The average Bonchev–Trinajstić information content (AvgIpc) is 3.32. The first-order chi connectivity index (χ1) is 13.7. The fourth-order valence-corrected chi connectivity index (χ4v) is 3.47. The fraction of sp³-hybridized carbons (Fsp3) is 0.474. The van der Waals surface area contributed by atoms with Crippen LogP contribution in [0.25, 0.3) is 0 Å². The molecule has 0 aliphatic heterocycles. The molecule has 1 amide bonds. The van der Waals surface area contributed by atoms with Crippen molar-refractivity contribution in [3.8, 4) is 5.75 Å². The smallest absolute Gasteiger partial charge is 0.425 e. The van der Waals surface area contributed by atoms with Crippen molar-refractivity contribution in [2.45, 2.75) is 51.2 Å². The van der Waals surface area contributed by atoms with Crippen molar-refractivity contribution < 1.29 is 27.5 Å². The molecule has 0 radical (unpaired) electrons. The molecule has 0 saturated heterocycles. The lowest BCUT2D eigenvalue weighted by molar-refractivity contribution is -0.141.